The minimum atomic E-state index is -4.02. The third kappa shape index (κ3) is 6.09. The average molecular weight is 487 g/mol. The molecule has 0 aliphatic carbocycles. The normalized spacial score (nSPS) is 11.5. The van der Waals surface area contributed by atoms with Crippen LogP contribution in [0.15, 0.2) is 77.8 Å². The number of amides is 2. The Bertz CT molecular complexity index is 1250. The van der Waals surface area contributed by atoms with Gasteiger partial charge in [0, 0.05) is 23.5 Å². The summed E-state index contributed by atoms with van der Waals surface area (Å²) in [5.74, 6) is -0.617. The second-order valence-corrected chi connectivity index (χ2v) is 9.74. The third-order valence-electron chi connectivity index (χ3n) is 4.67. The topological polar surface area (TPSA) is 117 Å². The van der Waals surface area contributed by atoms with Gasteiger partial charge in [-0.2, -0.15) is 0 Å². The van der Waals surface area contributed by atoms with Gasteiger partial charge in [-0.05, 0) is 62.4 Å². The first-order valence-electron chi connectivity index (χ1n) is 9.94. The first-order valence-corrected chi connectivity index (χ1v) is 12.0. The van der Waals surface area contributed by atoms with Crippen molar-refractivity contribution in [3.8, 4) is 0 Å². The van der Waals surface area contributed by atoms with Gasteiger partial charge >= 0.3 is 0 Å². The van der Waals surface area contributed by atoms with E-state index in [-0.39, 0.29) is 33.8 Å². The number of pyridine rings is 1. The molecule has 0 radical (unpaired) electrons. The SMILES string of the molecule is CC(C)(CCl)C(=O)Nc1ccc(NS(=O)(=O)c2ccccc2NC(=O)c2ccccn2)cc1. The van der Waals surface area contributed by atoms with Crippen LogP contribution in [-0.4, -0.2) is 31.1 Å². The van der Waals surface area contributed by atoms with Crippen molar-refractivity contribution in [1.29, 1.82) is 0 Å². The lowest BCUT2D eigenvalue weighted by atomic mass is 9.95. The maximum atomic E-state index is 13.0. The van der Waals surface area contributed by atoms with E-state index in [9.17, 15) is 18.0 Å². The maximum absolute atomic E-state index is 13.0. The minimum absolute atomic E-state index is 0.101. The number of carbonyl (C=O) groups is 2. The van der Waals surface area contributed by atoms with E-state index in [0.717, 1.165) is 0 Å². The molecule has 0 aliphatic rings. The fourth-order valence-corrected chi connectivity index (χ4v) is 4.02. The van der Waals surface area contributed by atoms with E-state index >= 15 is 0 Å². The number of aromatic nitrogens is 1. The van der Waals surface area contributed by atoms with Gasteiger partial charge in [-0.15, -0.1) is 11.6 Å². The summed E-state index contributed by atoms with van der Waals surface area (Å²) in [6.07, 6.45) is 1.47. The Hall–Kier alpha value is -3.43. The monoisotopic (exact) mass is 486 g/mol. The average Bonchev–Trinajstić information content (AvgIpc) is 2.81. The molecule has 0 bridgehead atoms. The van der Waals surface area contributed by atoms with Crippen LogP contribution in [0.3, 0.4) is 0 Å². The lowest BCUT2D eigenvalue weighted by Gasteiger charge is -2.20. The summed E-state index contributed by atoms with van der Waals surface area (Å²) in [6.45, 7) is 3.45. The van der Waals surface area contributed by atoms with Gasteiger partial charge in [0.1, 0.15) is 10.6 Å². The van der Waals surface area contributed by atoms with Crippen molar-refractivity contribution in [1.82, 2.24) is 4.98 Å². The Labute approximate surface area is 197 Å². The molecule has 1 heterocycles. The Balaban J connectivity index is 1.76. The number of sulfonamides is 1. The molecular formula is C23H23ClN4O4S. The number of rotatable bonds is 8. The predicted molar refractivity (Wildman–Crippen MR) is 129 cm³/mol. The van der Waals surface area contributed by atoms with Gasteiger partial charge in [0.2, 0.25) is 5.91 Å². The zero-order valence-electron chi connectivity index (χ0n) is 18.0. The molecule has 0 saturated carbocycles. The number of nitrogens with one attached hydrogen (secondary N) is 3. The molecule has 2 aromatic carbocycles. The number of para-hydroxylation sites is 1. The highest BCUT2D eigenvalue weighted by Crippen LogP contribution is 2.25. The van der Waals surface area contributed by atoms with E-state index in [1.165, 1.54) is 36.5 Å². The second kappa shape index (κ2) is 10.0. The molecule has 172 valence electrons. The Morgan fingerprint density at radius 2 is 1.55 bits per heavy atom. The predicted octanol–water partition coefficient (Wildman–Crippen LogP) is 4.34. The molecule has 0 saturated heterocycles. The Morgan fingerprint density at radius 3 is 2.18 bits per heavy atom. The quantitative estimate of drug-likeness (QED) is 0.409. The first-order chi connectivity index (χ1) is 15.6. The van der Waals surface area contributed by atoms with Crippen molar-refractivity contribution in [2.45, 2.75) is 18.7 Å². The molecule has 3 aromatic rings. The third-order valence-corrected chi connectivity index (χ3v) is 6.77. The molecule has 0 unspecified atom stereocenters. The van der Waals surface area contributed by atoms with E-state index in [1.807, 2.05) is 0 Å². The number of alkyl halides is 1. The molecule has 3 rings (SSSR count). The van der Waals surface area contributed by atoms with Gasteiger partial charge in [-0.3, -0.25) is 19.3 Å². The highest BCUT2D eigenvalue weighted by molar-refractivity contribution is 7.92. The zero-order valence-corrected chi connectivity index (χ0v) is 19.6. The Kier molecular flexibility index (Phi) is 7.35. The van der Waals surface area contributed by atoms with Crippen LogP contribution in [0.25, 0.3) is 0 Å². The zero-order chi connectivity index (χ0) is 24.1. The van der Waals surface area contributed by atoms with Crippen LogP contribution >= 0.6 is 11.6 Å². The van der Waals surface area contributed by atoms with Gasteiger partial charge in [0.25, 0.3) is 15.9 Å². The number of nitrogens with zero attached hydrogens (tertiary/aromatic N) is 1. The van der Waals surface area contributed by atoms with Crippen LogP contribution in [0.2, 0.25) is 0 Å². The van der Waals surface area contributed by atoms with Crippen LogP contribution in [0.1, 0.15) is 24.3 Å². The van der Waals surface area contributed by atoms with Crippen LogP contribution in [0.4, 0.5) is 17.1 Å². The largest absolute Gasteiger partial charge is 0.326 e. The number of hydrogen-bond acceptors (Lipinski definition) is 5. The van der Waals surface area contributed by atoms with Crippen LogP contribution in [0, 0.1) is 5.41 Å². The second-order valence-electron chi connectivity index (χ2n) is 7.82. The van der Waals surface area contributed by atoms with E-state index < -0.39 is 21.3 Å². The molecular weight excluding hydrogens is 464 g/mol. The first kappa shape index (κ1) is 24.2. The fourth-order valence-electron chi connectivity index (χ4n) is 2.68. The van der Waals surface area contributed by atoms with Crippen molar-refractivity contribution in [2.24, 2.45) is 5.41 Å². The minimum Gasteiger partial charge on any atom is -0.326 e. The number of anilines is 3. The summed E-state index contributed by atoms with van der Waals surface area (Å²) in [4.78, 5) is 28.6. The van der Waals surface area contributed by atoms with Crippen LogP contribution in [0.5, 0.6) is 0 Å². The molecule has 0 aliphatic heterocycles. The van der Waals surface area contributed by atoms with Crippen molar-refractivity contribution >= 4 is 50.5 Å². The fraction of sp³-hybridized carbons (Fsp3) is 0.174. The summed E-state index contributed by atoms with van der Waals surface area (Å²) < 4.78 is 28.5. The number of carbonyl (C=O) groups excluding carboxylic acids is 2. The number of halogens is 1. The molecule has 33 heavy (non-hydrogen) atoms. The van der Waals surface area contributed by atoms with Crippen molar-refractivity contribution in [3.63, 3.8) is 0 Å². The van der Waals surface area contributed by atoms with E-state index in [1.54, 1.807) is 50.2 Å². The van der Waals surface area contributed by atoms with Crippen molar-refractivity contribution in [3.05, 3.63) is 78.6 Å². The summed E-state index contributed by atoms with van der Waals surface area (Å²) in [7, 11) is -4.02. The highest BCUT2D eigenvalue weighted by atomic mass is 35.5. The van der Waals surface area contributed by atoms with Crippen molar-refractivity contribution < 1.29 is 18.0 Å². The molecule has 10 heteroatoms. The lowest BCUT2D eigenvalue weighted by molar-refractivity contribution is -0.122. The smallest absolute Gasteiger partial charge is 0.274 e. The molecule has 2 amide bonds. The van der Waals surface area contributed by atoms with Crippen LogP contribution < -0.4 is 15.4 Å². The summed E-state index contributed by atoms with van der Waals surface area (Å²) >= 11 is 5.82. The van der Waals surface area contributed by atoms with Gasteiger partial charge in [0.15, 0.2) is 0 Å². The van der Waals surface area contributed by atoms with E-state index in [4.69, 9.17) is 11.6 Å². The van der Waals surface area contributed by atoms with Gasteiger partial charge < -0.3 is 10.6 Å². The molecule has 0 atom stereocenters. The van der Waals surface area contributed by atoms with Gasteiger partial charge in [0.05, 0.1) is 11.1 Å². The van der Waals surface area contributed by atoms with Gasteiger partial charge in [-0.1, -0.05) is 18.2 Å². The highest BCUT2D eigenvalue weighted by Gasteiger charge is 2.26. The summed E-state index contributed by atoms with van der Waals surface area (Å²) in [6, 6.07) is 17.1. The van der Waals surface area contributed by atoms with E-state index in [2.05, 4.69) is 20.3 Å². The number of benzene rings is 2. The number of hydrogen-bond donors (Lipinski definition) is 3. The standard InChI is InChI=1S/C23H23ClN4O4S/c1-23(2,15-24)22(30)26-16-10-12-17(13-11-16)28-33(31,32)20-9-4-3-7-18(20)27-21(29)19-8-5-6-14-25-19/h3-14,28H,15H2,1-2H3,(H,26,30)(H,27,29). The molecule has 0 spiro atoms. The summed E-state index contributed by atoms with van der Waals surface area (Å²) in [5.41, 5.74) is 0.325. The summed E-state index contributed by atoms with van der Waals surface area (Å²) in [5, 5.41) is 5.34. The van der Waals surface area contributed by atoms with Crippen molar-refractivity contribution in [2.75, 3.05) is 21.2 Å². The molecule has 0 fully saturated rings. The van der Waals surface area contributed by atoms with Gasteiger partial charge in [-0.25, -0.2) is 8.42 Å². The van der Waals surface area contributed by atoms with E-state index in [0.29, 0.717) is 5.69 Å². The van der Waals surface area contributed by atoms with Crippen LogP contribution in [-0.2, 0) is 14.8 Å². The molecule has 8 nitrogen and oxygen atoms in total. The molecule has 3 N–H and O–H groups in total. The Morgan fingerprint density at radius 1 is 0.909 bits per heavy atom. The molecule has 1 aromatic heterocycles. The maximum Gasteiger partial charge on any atom is 0.274 e. The lowest BCUT2D eigenvalue weighted by Crippen LogP contribution is -2.32.